The lowest BCUT2D eigenvalue weighted by atomic mass is 10.1. The molecule has 0 bridgehead atoms. The summed E-state index contributed by atoms with van der Waals surface area (Å²) in [5.74, 6) is -0.0755. The van der Waals surface area contributed by atoms with Gasteiger partial charge in [0.2, 0.25) is 0 Å². The van der Waals surface area contributed by atoms with Crippen LogP contribution in [-0.4, -0.2) is 32.2 Å². The van der Waals surface area contributed by atoms with Crippen LogP contribution >= 0.6 is 11.6 Å². The first-order chi connectivity index (χ1) is 11.2. The molecular formula is C18H19ClN2O2. The Labute approximate surface area is 141 Å². The first-order valence-corrected chi connectivity index (χ1v) is 8.05. The van der Waals surface area contributed by atoms with Gasteiger partial charge in [-0.3, -0.25) is 4.79 Å². The number of nitrogens with one attached hydrogen (secondary N) is 1. The zero-order chi connectivity index (χ0) is 16.1. The highest BCUT2D eigenvalue weighted by Gasteiger charge is 2.12. The molecular weight excluding hydrogens is 312 g/mol. The number of morpholine rings is 1. The van der Waals surface area contributed by atoms with E-state index in [0.717, 1.165) is 37.6 Å². The summed E-state index contributed by atoms with van der Waals surface area (Å²) in [6, 6.07) is 15.2. The molecule has 0 unspecified atom stereocenters. The molecule has 23 heavy (non-hydrogen) atoms. The third-order valence-corrected chi connectivity index (χ3v) is 4.12. The molecule has 0 saturated carbocycles. The molecule has 0 spiro atoms. The van der Waals surface area contributed by atoms with Gasteiger partial charge in [0.15, 0.2) is 0 Å². The number of carbonyl (C=O) groups is 1. The summed E-state index contributed by atoms with van der Waals surface area (Å²) >= 11 is 5.85. The monoisotopic (exact) mass is 330 g/mol. The van der Waals surface area contributed by atoms with E-state index >= 15 is 0 Å². The second-order valence-corrected chi connectivity index (χ2v) is 5.89. The zero-order valence-corrected chi connectivity index (χ0v) is 13.6. The lowest BCUT2D eigenvalue weighted by Crippen LogP contribution is -2.36. The fourth-order valence-corrected chi connectivity index (χ4v) is 2.66. The van der Waals surface area contributed by atoms with Crippen molar-refractivity contribution in [1.29, 1.82) is 0 Å². The predicted molar refractivity (Wildman–Crippen MR) is 92.1 cm³/mol. The van der Waals surface area contributed by atoms with Crippen LogP contribution in [0.25, 0.3) is 0 Å². The molecule has 2 aromatic rings. The number of amides is 1. The van der Waals surface area contributed by atoms with Crippen molar-refractivity contribution in [3.05, 3.63) is 64.7 Å². The van der Waals surface area contributed by atoms with Gasteiger partial charge in [-0.15, -0.1) is 0 Å². The van der Waals surface area contributed by atoms with Gasteiger partial charge in [-0.25, -0.2) is 0 Å². The average molecular weight is 331 g/mol. The Hall–Kier alpha value is -2.04. The molecule has 0 aliphatic carbocycles. The highest BCUT2D eigenvalue weighted by Crippen LogP contribution is 2.17. The Morgan fingerprint density at radius 2 is 1.70 bits per heavy atom. The summed E-state index contributed by atoms with van der Waals surface area (Å²) in [5.41, 5.74) is 2.81. The van der Waals surface area contributed by atoms with Crippen molar-refractivity contribution in [2.75, 3.05) is 31.2 Å². The van der Waals surface area contributed by atoms with E-state index in [-0.39, 0.29) is 5.91 Å². The summed E-state index contributed by atoms with van der Waals surface area (Å²) in [4.78, 5) is 14.5. The van der Waals surface area contributed by atoms with Crippen LogP contribution in [0.2, 0.25) is 5.02 Å². The molecule has 0 radical (unpaired) electrons. The molecule has 1 N–H and O–H groups in total. The maximum atomic E-state index is 12.2. The number of rotatable bonds is 4. The largest absolute Gasteiger partial charge is 0.378 e. The van der Waals surface area contributed by atoms with Crippen LogP contribution in [0.1, 0.15) is 15.9 Å². The van der Waals surface area contributed by atoms with Gasteiger partial charge in [0.05, 0.1) is 13.2 Å². The van der Waals surface area contributed by atoms with E-state index < -0.39 is 0 Å². The number of hydrogen-bond acceptors (Lipinski definition) is 3. The quantitative estimate of drug-likeness (QED) is 0.936. The van der Waals surface area contributed by atoms with Crippen molar-refractivity contribution in [1.82, 2.24) is 5.32 Å². The number of carbonyl (C=O) groups excluding carboxylic acids is 1. The molecule has 1 heterocycles. The van der Waals surface area contributed by atoms with E-state index in [1.807, 2.05) is 48.5 Å². The highest BCUT2D eigenvalue weighted by molar-refractivity contribution is 6.30. The van der Waals surface area contributed by atoms with Crippen molar-refractivity contribution >= 4 is 23.2 Å². The van der Waals surface area contributed by atoms with Crippen LogP contribution < -0.4 is 10.2 Å². The average Bonchev–Trinajstić information content (AvgIpc) is 2.62. The Bertz CT molecular complexity index is 650. The molecule has 3 rings (SSSR count). The van der Waals surface area contributed by atoms with Gasteiger partial charge in [-0.05, 0) is 42.0 Å². The molecule has 0 atom stereocenters. The van der Waals surface area contributed by atoms with Gasteiger partial charge in [0.1, 0.15) is 0 Å². The van der Waals surface area contributed by atoms with Crippen molar-refractivity contribution in [3.8, 4) is 0 Å². The fourth-order valence-electron chi connectivity index (χ4n) is 2.53. The summed E-state index contributed by atoms with van der Waals surface area (Å²) in [5, 5.41) is 3.61. The fraction of sp³-hybridized carbons (Fsp3) is 0.278. The number of ether oxygens (including phenoxy) is 1. The highest BCUT2D eigenvalue weighted by atomic mass is 35.5. The lowest BCUT2D eigenvalue weighted by Gasteiger charge is -2.28. The first-order valence-electron chi connectivity index (χ1n) is 7.68. The van der Waals surface area contributed by atoms with Crippen LogP contribution in [0.4, 0.5) is 5.69 Å². The lowest BCUT2D eigenvalue weighted by molar-refractivity contribution is 0.0951. The Morgan fingerprint density at radius 1 is 1.04 bits per heavy atom. The first kappa shape index (κ1) is 15.8. The van der Waals surface area contributed by atoms with Crippen LogP contribution in [0, 0.1) is 0 Å². The Balaban J connectivity index is 1.57. The topological polar surface area (TPSA) is 41.6 Å². The van der Waals surface area contributed by atoms with Gasteiger partial charge in [-0.2, -0.15) is 0 Å². The minimum Gasteiger partial charge on any atom is -0.378 e. The molecule has 120 valence electrons. The second kappa shape index (κ2) is 7.49. The van der Waals surface area contributed by atoms with Crippen molar-refractivity contribution in [2.24, 2.45) is 0 Å². The second-order valence-electron chi connectivity index (χ2n) is 5.46. The Kier molecular flexibility index (Phi) is 5.16. The number of nitrogens with zero attached hydrogens (tertiary/aromatic N) is 1. The van der Waals surface area contributed by atoms with Gasteiger partial charge in [0.25, 0.3) is 5.91 Å². The summed E-state index contributed by atoms with van der Waals surface area (Å²) < 4.78 is 5.35. The van der Waals surface area contributed by atoms with E-state index in [9.17, 15) is 4.79 Å². The molecule has 1 aliphatic heterocycles. The van der Waals surface area contributed by atoms with E-state index in [1.165, 1.54) is 0 Å². The number of hydrogen-bond donors (Lipinski definition) is 1. The molecule has 2 aromatic carbocycles. The smallest absolute Gasteiger partial charge is 0.251 e. The van der Waals surface area contributed by atoms with Crippen LogP contribution in [-0.2, 0) is 11.3 Å². The van der Waals surface area contributed by atoms with E-state index in [1.54, 1.807) is 0 Å². The normalized spacial score (nSPS) is 14.6. The summed E-state index contributed by atoms with van der Waals surface area (Å²) in [6.45, 7) is 3.78. The van der Waals surface area contributed by atoms with Crippen LogP contribution in [0.5, 0.6) is 0 Å². The van der Waals surface area contributed by atoms with Gasteiger partial charge >= 0.3 is 0 Å². The standard InChI is InChI=1S/C18H19ClN2O2/c19-16-5-1-14(2-6-16)13-20-18(22)15-3-7-17(8-4-15)21-9-11-23-12-10-21/h1-8H,9-13H2,(H,20,22). The minimum atomic E-state index is -0.0755. The molecule has 4 nitrogen and oxygen atoms in total. The van der Waals surface area contributed by atoms with Crippen molar-refractivity contribution in [3.63, 3.8) is 0 Å². The van der Waals surface area contributed by atoms with Gasteiger partial charge < -0.3 is 15.0 Å². The molecule has 1 amide bonds. The maximum Gasteiger partial charge on any atom is 0.251 e. The molecule has 0 aromatic heterocycles. The SMILES string of the molecule is O=C(NCc1ccc(Cl)cc1)c1ccc(N2CCOCC2)cc1. The number of anilines is 1. The number of benzene rings is 2. The van der Waals surface area contributed by atoms with Crippen LogP contribution in [0.3, 0.4) is 0 Å². The van der Waals surface area contributed by atoms with Gasteiger partial charge in [-0.1, -0.05) is 23.7 Å². The minimum absolute atomic E-state index is 0.0755. The molecule has 1 aliphatic rings. The van der Waals surface area contributed by atoms with Crippen molar-refractivity contribution < 1.29 is 9.53 Å². The molecule has 1 fully saturated rings. The van der Waals surface area contributed by atoms with Gasteiger partial charge in [0, 0.05) is 35.9 Å². The molecule has 1 saturated heterocycles. The predicted octanol–water partition coefficient (Wildman–Crippen LogP) is 3.11. The summed E-state index contributed by atoms with van der Waals surface area (Å²) in [7, 11) is 0. The third-order valence-electron chi connectivity index (χ3n) is 3.87. The molecule has 5 heteroatoms. The zero-order valence-electron chi connectivity index (χ0n) is 12.8. The maximum absolute atomic E-state index is 12.2. The van der Waals surface area contributed by atoms with E-state index in [0.29, 0.717) is 17.1 Å². The Morgan fingerprint density at radius 3 is 2.35 bits per heavy atom. The van der Waals surface area contributed by atoms with E-state index in [4.69, 9.17) is 16.3 Å². The van der Waals surface area contributed by atoms with Crippen LogP contribution in [0.15, 0.2) is 48.5 Å². The van der Waals surface area contributed by atoms with Crippen molar-refractivity contribution in [2.45, 2.75) is 6.54 Å². The third kappa shape index (κ3) is 4.24. The summed E-state index contributed by atoms with van der Waals surface area (Å²) in [6.07, 6.45) is 0. The number of halogens is 1. The van der Waals surface area contributed by atoms with E-state index in [2.05, 4.69) is 10.2 Å².